The van der Waals surface area contributed by atoms with E-state index in [1.54, 1.807) is 13.8 Å². The largest absolute Gasteiger partial charge is 0.388 e. The van der Waals surface area contributed by atoms with Gasteiger partial charge >= 0.3 is 0 Å². The van der Waals surface area contributed by atoms with Gasteiger partial charge in [-0.25, -0.2) is 0 Å². The normalized spacial score (nSPS) is 30.5. The quantitative estimate of drug-likeness (QED) is 0.733. The molecule has 1 N–H and O–H groups in total. The molecule has 0 bridgehead atoms. The Hall–Kier alpha value is -0.0800. The molecule has 2 heteroatoms. The predicted octanol–water partition coefficient (Wildman–Crippen LogP) is 2.35. The molecule has 0 saturated heterocycles. The highest BCUT2D eigenvalue weighted by atomic mass is 16.5. The predicted molar refractivity (Wildman–Crippen MR) is 53.7 cm³/mol. The molecular formula is C11H22O2. The Morgan fingerprint density at radius 1 is 1.23 bits per heavy atom. The van der Waals surface area contributed by atoms with Crippen molar-refractivity contribution in [3.63, 3.8) is 0 Å². The summed E-state index contributed by atoms with van der Waals surface area (Å²) < 4.78 is 5.65. The van der Waals surface area contributed by atoms with E-state index < -0.39 is 5.60 Å². The van der Waals surface area contributed by atoms with Gasteiger partial charge in [-0.2, -0.15) is 0 Å². The lowest BCUT2D eigenvalue weighted by Gasteiger charge is -2.28. The smallest absolute Gasteiger partial charge is 0.0824 e. The van der Waals surface area contributed by atoms with Gasteiger partial charge in [0, 0.05) is 0 Å². The van der Waals surface area contributed by atoms with E-state index in [9.17, 15) is 5.11 Å². The molecular weight excluding hydrogens is 164 g/mol. The molecule has 2 nitrogen and oxygen atoms in total. The van der Waals surface area contributed by atoms with E-state index in [-0.39, 0.29) is 0 Å². The zero-order chi connectivity index (χ0) is 9.90. The van der Waals surface area contributed by atoms with Gasteiger partial charge in [-0.3, -0.25) is 0 Å². The van der Waals surface area contributed by atoms with Crippen LogP contribution in [0, 0.1) is 5.92 Å². The molecule has 13 heavy (non-hydrogen) atoms. The summed E-state index contributed by atoms with van der Waals surface area (Å²) in [7, 11) is 0. The van der Waals surface area contributed by atoms with E-state index in [1.807, 2.05) is 0 Å². The van der Waals surface area contributed by atoms with Crippen LogP contribution in [0.4, 0.5) is 0 Å². The van der Waals surface area contributed by atoms with Gasteiger partial charge in [0.15, 0.2) is 0 Å². The second-order valence-electron chi connectivity index (χ2n) is 5.01. The maximum Gasteiger partial charge on any atom is 0.0824 e. The summed E-state index contributed by atoms with van der Waals surface area (Å²) in [4.78, 5) is 0. The number of hydrogen-bond donors (Lipinski definition) is 1. The Morgan fingerprint density at radius 2 is 1.77 bits per heavy atom. The number of rotatable bonds is 3. The van der Waals surface area contributed by atoms with Crippen molar-refractivity contribution >= 4 is 0 Å². The molecule has 0 amide bonds. The first-order valence-electron chi connectivity index (χ1n) is 5.31. The van der Waals surface area contributed by atoms with Gasteiger partial charge in [0.05, 0.1) is 18.3 Å². The lowest BCUT2D eigenvalue weighted by molar-refractivity contribution is -0.0654. The summed E-state index contributed by atoms with van der Waals surface area (Å²) in [5, 5.41) is 9.48. The van der Waals surface area contributed by atoms with Crippen LogP contribution in [-0.2, 0) is 4.74 Å². The monoisotopic (exact) mass is 186 g/mol. The molecule has 1 saturated carbocycles. The fourth-order valence-electron chi connectivity index (χ4n) is 1.72. The Labute approximate surface area is 81.3 Å². The number of aliphatic hydroxyl groups is 1. The molecule has 0 aromatic carbocycles. The molecule has 0 unspecified atom stereocenters. The minimum atomic E-state index is -0.678. The fraction of sp³-hybridized carbons (Fsp3) is 1.00. The zero-order valence-electron chi connectivity index (χ0n) is 9.05. The summed E-state index contributed by atoms with van der Waals surface area (Å²) in [6.07, 6.45) is 5.27. The van der Waals surface area contributed by atoms with E-state index in [0.717, 1.165) is 18.8 Å². The van der Waals surface area contributed by atoms with Crippen molar-refractivity contribution in [2.45, 2.75) is 58.2 Å². The van der Waals surface area contributed by atoms with Crippen LogP contribution >= 0.6 is 0 Å². The first kappa shape index (κ1) is 11.0. The van der Waals surface area contributed by atoms with Crippen molar-refractivity contribution in [2.24, 2.45) is 5.92 Å². The lowest BCUT2D eigenvalue weighted by atomic mass is 9.89. The van der Waals surface area contributed by atoms with E-state index in [4.69, 9.17) is 4.74 Å². The molecule has 1 rings (SSSR count). The molecule has 0 atom stereocenters. The maximum absolute atomic E-state index is 9.48. The maximum atomic E-state index is 9.48. The first-order valence-corrected chi connectivity index (χ1v) is 5.31. The van der Waals surface area contributed by atoms with Gasteiger partial charge in [0.1, 0.15) is 0 Å². The third-order valence-electron chi connectivity index (χ3n) is 2.64. The van der Waals surface area contributed by atoms with Crippen molar-refractivity contribution in [3.8, 4) is 0 Å². The van der Waals surface area contributed by atoms with Gasteiger partial charge < -0.3 is 9.84 Å². The number of hydrogen-bond acceptors (Lipinski definition) is 2. The topological polar surface area (TPSA) is 29.5 Å². The first-order chi connectivity index (χ1) is 5.97. The van der Waals surface area contributed by atoms with Gasteiger partial charge in [0.2, 0.25) is 0 Å². The highest BCUT2D eigenvalue weighted by molar-refractivity contribution is 4.72. The van der Waals surface area contributed by atoms with Crippen molar-refractivity contribution in [1.82, 2.24) is 0 Å². The lowest BCUT2D eigenvalue weighted by Crippen LogP contribution is -2.31. The second kappa shape index (κ2) is 4.43. The minimum absolute atomic E-state index is 0.391. The molecule has 1 fully saturated rings. The van der Waals surface area contributed by atoms with Crippen molar-refractivity contribution < 1.29 is 9.84 Å². The highest BCUT2D eigenvalue weighted by Crippen LogP contribution is 2.25. The van der Waals surface area contributed by atoms with Gasteiger partial charge in [-0.1, -0.05) is 6.92 Å². The Bertz CT molecular complexity index is 141. The SMILES string of the molecule is CC1CCC(OCC(C)(C)O)CC1. The van der Waals surface area contributed by atoms with Crippen molar-refractivity contribution in [1.29, 1.82) is 0 Å². The Balaban J connectivity index is 2.16. The molecule has 0 radical (unpaired) electrons. The van der Waals surface area contributed by atoms with Crippen LogP contribution < -0.4 is 0 Å². The third-order valence-corrected chi connectivity index (χ3v) is 2.64. The molecule has 78 valence electrons. The molecule has 1 aliphatic carbocycles. The Kier molecular flexibility index (Phi) is 3.74. The third kappa shape index (κ3) is 4.63. The molecule has 0 aromatic rings. The van der Waals surface area contributed by atoms with Crippen LogP contribution in [0.15, 0.2) is 0 Å². The summed E-state index contributed by atoms with van der Waals surface area (Å²) in [6.45, 7) is 6.34. The van der Waals surface area contributed by atoms with Crippen LogP contribution in [-0.4, -0.2) is 23.4 Å². The number of ether oxygens (including phenoxy) is 1. The summed E-state index contributed by atoms with van der Waals surface area (Å²) in [5.74, 6) is 0.863. The minimum Gasteiger partial charge on any atom is -0.388 e. The molecule has 0 aliphatic heterocycles. The summed E-state index contributed by atoms with van der Waals surface area (Å²) >= 11 is 0. The van der Waals surface area contributed by atoms with Gasteiger partial charge in [-0.05, 0) is 45.4 Å². The van der Waals surface area contributed by atoms with Crippen LogP contribution in [0.3, 0.4) is 0 Å². The van der Waals surface area contributed by atoms with E-state index in [0.29, 0.717) is 12.7 Å². The van der Waals surface area contributed by atoms with Gasteiger partial charge in [-0.15, -0.1) is 0 Å². The van der Waals surface area contributed by atoms with Crippen LogP contribution in [0.2, 0.25) is 0 Å². The molecule has 0 spiro atoms. The average Bonchev–Trinajstić information content (AvgIpc) is 2.02. The van der Waals surface area contributed by atoms with Crippen LogP contribution in [0.5, 0.6) is 0 Å². The van der Waals surface area contributed by atoms with Crippen LogP contribution in [0.1, 0.15) is 46.5 Å². The molecule has 0 heterocycles. The van der Waals surface area contributed by atoms with Crippen molar-refractivity contribution in [3.05, 3.63) is 0 Å². The van der Waals surface area contributed by atoms with Crippen molar-refractivity contribution in [2.75, 3.05) is 6.61 Å². The summed E-state index contributed by atoms with van der Waals surface area (Å²) in [6, 6.07) is 0. The van der Waals surface area contributed by atoms with E-state index in [2.05, 4.69) is 6.92 Å². The average molecular weight is 186 g/mol. The molecule has 1 aliphatic rings. The van der Waals surface area contributed by atoms with Gasteiger partial charge in [0.25, 0.3) is 0 Å². The zero-order valence-corrected chi connectivity index (χ0v) is 9.05. The summed E-state index contributed by atoms with van der Waals surface area (Å²) in [5.41, 5.74) is -0.678. The van der Waals surface area contributed by atoms with E-state index >= 15 is 0 Å². The second-order valence-corrected chi connectivity index (χ2v) is 5.01. The van der Waals surface area contributed by atoms with Crippen LogP contribution in [0.25, 0.3) is 0 Å². The standard InChI is InChI=1S/C11H22O2/c1-9-4-6-10(7-5-9)13-8-11(2,3)12/h9-10,12H,4-8H2,1-3H3. The van der Waals surface area contributed by atoms with E-state index in [1.165, 1.54) is 12.8 Å². The molecule has 0 aromatic heterocycles. The highest BCUT2D eigenvalue weighted by Gasteiger charge is 2.21. The fourth-order valence-corrected chi connectivity index (χ4v) is 1.72. The Morgan fingerprint density at radius 3 is 2.23 bits per heavy atom.